The number of rotatable bonds is 6. The number of H-pyrrole nitrogens is 1. The van der Waals surface area contributed by atoms with Crippen LogP contribution in [0.1, 0.15) is 11.3 Å². The second-order valence-electron chi connectivity index (χ2n) is 4.28. The van der Waals surface area contributed by atoms with E-state index in [0.29, 0.717) is 13.0 Å². The molecular formula is C15H18N2O2. The number of hydrogen-bond donors (Lipinski definition) is 2. The van der Waals surface area contributed by atoms with Gasteiger partial charge in [-0.15, -0.1) is 0 Å². The second kappa shape index (κ2) is 6.64. The van der Waals surface area contributed by atoms with E-state index < -0.39 is 0 Å². The molecule has 0 aliphatic rings. The molecule has 1 aromatic heterocycles. The van der Waals surface area contributed by atoms with Crippen LogP contribution in [0.4, 0.5) is 0 Å². The standard InChI is InChI=1S/C15H18N2O2/c1-19-14-7-3-2-5-12(14)8-10-17-15(18)11-13-6-4-9-16-13/h2-7,9,16H,8,10-11H2,1H3,(H,17,18). The minimum atomic E-state index is 0.0253. The molecule has 0 bridgehead atoms. The van der Waals surface area contributed by atoms with Gasteiger partial charge < -0.3 is 15.0 Å². The predicted octanol–water partition coefficient (Wildman–Crippen LogP) is 1.92. The topological polar surface area (TPSA) is 54.1 Å². The number of carbonyl (C=O) groups excluding carboxylic acids is 1. The number of ether oxygens (including phenoxy) is 1. The van der Waals surface area contributed by atoms with Crippen LogP contribution >= 0.6 is 0 Å². The van der Waals surface area contributed by atoms with Gasteiger partial charge in [-0.2, -0.15) is 0 Å². The highest BCUT2D eigenvalue weighted by molar-refractivity contribution is 5.78. The van der Waals surface area contributed by atoms with Gasteiger partial charge >= 0.3 is 0 Å². The van der Waals surface area contributed by atoms with Gasteiger partial charge in [0.2, 0.25) is 5.91 Å². The molecule has 0 aliphatic carbocycles. The zero-order chi connectivity index (χ0) is 13.5. The lowest BCUT2D eigenvalue weighted by Crippen LogP contribution is -2.27. The molecule has 0 fully saturated rings. The summed E-state index contributed by atoms with van der Waals surface area (Å²) in [6.07, 6.45) is 2.97. The molecule has 0 spiro atoms. The van der Waals surface area contributed by atoms with E-state index in [-0.39, 0.29) is 5.91 Å². The summed E-state index contributed by atoms with van der Waals surface area (Å²) < 4.78 is 5.27. The van der Waals surface area contributed by atoms with Crippen LogP contribution in [0.2, 0.25) is 0 Å². The van der Waals surface area contributed by atoms with Gasteiger partial charge in [0.25, 0.3) is 0 Å². The van der Waals surface area contributed by atoms with Crippen LogP contribution in [-0.4, -0.2) is 24.5 Å². The number of carbonyl (C=O) groups is 1. The summed E-state index contributed by atoms with van der Waals surface area (Å²) in [4.78, 5) is 14.7. The number of amides is 1. The van der Waals surface area contributed by atoms with Crippen LogP contribution in [0.15, 0.2) is 42.6 Å². The second-order valence-corrected chi connectivity index (χ2v) is 4.28. The van der Waals surface area contributed by atoms with Crippen LogP contribution < -0.4 is 10.1 Å². The molecule has 0 atom stereocenters. The van der Waals surface area contributed by atoms with Crippen molar-refractivity contribution in [3.05, 3.63) is 53.9 Å². The van der Waals surface area contributed by atoms with E-state index in [1.807, 2.05) is 42.6 Å². The van der Waals surface area contributed by atoms with E-state index in [1.54, 1.807) is 7.11 Å². The van der Waals surface area contributed by atoms with Gasteiger partial charge in [-0.3, -0.25) is 4.79 Å². The summed E-state index contributed by atoms with van der Waals surface area (Å²) in [7, 11) is 1.66. The van der Waals surface area contributed by atoms with E-state index in [9.17, 15) is 4.79 Å². The Kier molecular flexibility index (Phi) is 4.61. The number of nitrogens with one attached hydrogen (secondary N) is 2. The molecule has 0 aliphatic heterocycles. The number of aromatic nitrogens is 1. The average Bonchev–Trinajstić information content (AvgIpc) is 2.92. The van der Waals surface area contributed by atoms with Crippen molar-refractivity contribution in [1.29, 1.82) is 0 Å². The van der Waals surface area contributed by atoms with Crippen LogP contribution in [0.3, 0.4) is 0 Å². The Hall–Kier alpha value is -2.23. The number of benzene rings is 1. The summed E-state index contributed by atoms with van der Waals surface area (Å²) in [6, 6.07) is 11.6. The van der Waals surface area contributed by atoms with Gasteiger partial charge in [-0.05, 0) is 30.2 Å². The fourth-order valence-electron chi connectivity index (χ4n) is 1.96. The third-order valence-electron chi connectivity index (χ3n) is 2.92. The van der Waals surface area contributed by atoms with Crippen molar-refractivity contribution >= 4 is 5.91 Å². The van der Waals surface area contributed by atoms with Crippen molar-refractivity contribution in [2.75, 3.05) is 13.7 Å². The van der Waals surface area contributed by atoms with Crippen LogP contribution in [0, 0.1) is 0 Å². The normalized spacial score (nSPS) is 10.2. The Balaban J connectivity index is 1.78. The molecule has 0 saturated heterocycles. The molecule has 1 amide bonds. The molecule has 1 aromatic carbocycles. The molecule has 2 rings (SSSR count). The molecular weight excluding hydrogens is 240 g/mol. The summed E-state index contributed by atoms with van der Waals surface area (Å²) in [6.45, 7) is 0.611. The molecule has 1 heterocycles. The molecule has 0 unspecified atom stereocenters. The Morgan fingerprint density at radius 3 is 2.84 bits per heavy atom. The van der Waals surface area contributed by atoms with Gasteiger partial charge in [0.15, 0.2) is 0 Å². The first-order valence-corrected chi connectivity index (χ1v) is 6.30. The lowest BCUT2D eigenvalue weighted by molar-refractivity contribution is -0.120. The van der Waals surface area contributed by atoms with Crippen LogP contribution in [-0.2, 0) is 17.6 Å². The first-order chi connectivity index (χ1) is 9.29. The van der Waals surface area contributed by atoms with E-state index in [1.165, 1.54) is 0 Å². The zero-order valence-corrected chi connectivity index (χ0v) is 11.0. The van der Waals surface area contributed by atoms with Crippen molar-refractivity contribution < 1.29 is 9.53 Å². The smallest absolute Gasteiger partial charge is 0.225 e. The van der Waals surface area contributed by atoms with Gasteiger partial charge in [0.1, 0.15) is 5.75 Å². The lowest BCUT2D eigenvalue weighted by atomic mass is 10.1. The minimum Gasteiger partial charge on any atom is -0.496 e. The van der Waals surface area contributed by atoms with E-state index >= 15 is 0 Å². The third-order valence-corrected chi connectivity index (χ3v) is 2.92. The highest BCUT2D eigenvalue weighted by Crippen LogP contribution is 2.17. The lowest BCUT2D eigenvalue weighted by Gasteiger charge is -2.08. The minimum absolute atomic E-state index is 0.0253. The maximum atomic E-state index is 11.7. The SMILES string of the molecule is COc1ccccc1CCNC(=O)Cc1ccc[nH]1. The monoisotopic (exact) mass is 258 g/mol. The highest BCUT2D eigenvalue weighted by Gasteiger charge is 2.05. The van der Waals surface area contributed by atoms with Crippen molar-refractivity contribution in [2.24, 2.45) is 0 Å². The number of hydrogen-bond acceptors (Lipinski definition) is 2. The highest BCUT2D eigenvalue weighted by atomic mass is 16.5. The van der Waals surface area contributed by atoms with Crippen LogP contribution in [0.5, 0.6) is 5.75 Å². The zero-order valence-electron chi connectivity index (χ0n) is 11.0. The van der Waals surface area contributed by atoms with Gasteiger partial charge in [-0.1, -0.05) is 18.2 Å². The molecule has 0 saturated carbocycles. The van der Waals surface area contributed by atoms with E-state index in [4.69, 9.17) is 4.74 Å². The first-order valence-electron chi connectivity index (χ1n) is 6.30. The van der Waals surface area contributed by atoms with Crippen molar-refractivity contribution in [3.63, 3.8) is 0 Å². The molecule has 4 nitrogen and oxygen atoms in total. The van der Waals surface area contributed by atoms with Gasteiger partial charge in [-0.25, -0.2) is 0 Å². The van der Waals surface area contributed by atoms with Crippen molar-refractivity contribution in [3.8, 4) is 5.75 Å². The number of methoxy groups -OCH3 is 1. The Bertz CT molecular complexity index is 521. The molecule has 2 aromatic rings. The van der Waals surface area contributed by atoms with Crippen LogP contribution in [0.25, 0.3) is 0 Å². The average molecular weight is 258 g/mol. The summed E-state index contributed by atoms with van der Waals surface area (Å²) in [5.74, 6) is 0.887. The number of aromatic amines is 1. The Labute approximate surface area is 112 Å². The Morgan fingerprint density at radius 1 is 1.26 bits per heavy atom. The maximum Gasteiger partial charge on any atom is 0.225 e. The summed E-state index contributed by atoms with van der Waals surface area (Å²) in [5.41, 5.74) is 2.03. The molecule has 4 heteroatoms. The third kappa shape index (κ3) is 3.88. The molecule has 19 heavy (non-hydrogen) atoms. The quantitative estimate of drug-likeness (QED) is 0.831. The van der Waals surface area contributed by atoms with E-state index in [2.05, 4.69) is 10.3 Å². The predicted molar refractivity (Wildman–Crippen MR) is 74.2 cm³/mol. The van der Waals surface area contributed by atoms with Crippen molar-refractivity contribution in [1.82, 2.24) is 10.3 Å². The largest absolute Gasteiger partial charge is 0.496 e. The number of para-hydroxylation sites is 1. The summed E-state index contributed by atoms with van der Waals surface area (Å²) in [5, 5.41) is 2.91. The molecule has 2 N–H and O–H groups in total. The fourth-order valence-corrected chi connectivity index (χ4v) is 1.96. The van der Waals surface area contributed by atoms with Gasteiger partial charge in [0.05, 0.1) is 13.5 Å². The van der Waals surface area contributed by atoms with Gasteiger partial charge in [0, 0.05) is 18.4 Å². The first kappa shape index (κ1) is 13.2. The van der Waals surface area contributed by atoms with E-state index in [0.717, 1.165) is 23.4 Å². The fraction of sp³-hybridized carbons (Fsp3) is 0.267. The Morgan fingerprint density at radius 2 is 2.11 bits per heavy atom. The summed E-state index contributed by atoms with van der Waals surface area (Å²) >= 11 is 0. The maximum absolute atomic E-state index is 11.7. The van der Waals surface area contributed by atoms with Crippen molar-refractivity contribution in [2.45, 2.75) is 12.8 Å². The molecule has 100 valence electrons. The molecule has 0 radical (unpaired) electrons.